The van der Waals surface area contributed by atoms with Crippen LogP contribution in [0.4, 0.5) is 5.69 Å². The minimum atomic E-state index is -1.39. The summed E-state index contributed by atoms with van der Waals surface area (Å²) in [5.41, 5.74) is 3.25. The lowest BCUT2D eigenvalue weighted by molar-refractivity contribution is -0.511. The van der Waals surface area contributed by atoms with E-state index in [1.54, 1.807) is 0 Å². The zero-order chi connectivity index (χ0) is 17.8. The van der Waals surface area contributed by atoms with Crippen LogP contribution in [-0.4, -0.2) is 30.6 Å². The molecule has 1 aliphatic rings. The molecule has 2 aromatic carbocycles. The number of ether oxygens (including phenoxy) is 1. The lowest BCUT2D eigenvalue weighted by atomic mass is 9.97. The molecule has 6 nitrogen and oxygen atoms in total. The van der Waals surface area contributed by atoms with Crippen molar-refractivity contribution >= 4 is 11.7 Å². The Morgan fingerprint density at radius 2 is 1.88 bits per heavy atom. The van der Waals surface area contributed by atoms with Crippen LogP contribution < -0.4 is 4.90 Å². The zero-order valence-electron chi connectivity index (χ0n) is 14.0. The summed E-state index contributed by atoms with van der Waals surface area (Å²) >= 11 is 0. The average Bonchev–Trinajstić information content (AvgIpc) is 3.06. The molecule has 0 radical (unpaired) electrons. The SMILES string of the molecule is COC(=O)C(CC(c1ccccc1)N1CCc2ccccc21)[N+](=O)[O-]. The van der Waals surface area contributed by atoms with E-state index in [0.717, 1.165) is 24.2 Å². The Balaban J connectivity index is 1.97. The number of nitro groups is 1. The summed E-state index contributed by atoms with van der Waals surface area (Å²) in [7, 11) is 1.18. The molecule has 3 rings (SSSR count). The van der Waals surface area contributed by atoms with Crippen LogP contribution in [-0.2, 0) is 16.0 Å². The quantitative estimate of drug-likeness (QED) is 0.459. The fourth-order valence-electron chi connectivity index (χ4n) is 3.42. The minimum absolute atomic E-state index is 0.0675. The molecule has 0 aromatic heterocycles. The maximum absolute atomic E-state index is 11.9. The standard InChI is InChI=1S/C19H20N2O4/c1-25-19(22)18(21(23)24)13-17(14-7-3-2-4-8-14)20-12-11-15-9-5-6-10-16(15)20/h2-10,17-18H,11-13H2,1H3. The van der Waals surface area contributed by atoms with Crippen LogP contribution in [0.3, 0.4) is 0 Å². The molecule has 0 N–H and O–H groups in total. The van der Waals surface area contributed by atoms with Gasteiger partial charge in [0.1, 0.15) is 0 Å². The monoisotopic (exact) mass is 340 g/mol. The van der Waals surface area contributed by atoms with Gasteiger partial charge in [0.2, 0.25) is 0 Å². The largest absolute Gasteiger partial charge is 0.464 e. The van der Waals surface area contributed by atoms with Crippen LogP contribution in [0.2, 0.25) is 0 Å². The third-order valence-electron chi connectivity index (χ3n) is 4.66. The Hall–Kier alpha value is -2.89. The van der Waals surface area contributed by atoms with Gasteiger partial charge in [-0.2, -0.15) is 0 Å². The Labute approximate surface area is 146 Å². The molecule has 0 bridgehead atoms. The summed E-state index contributed by atoms with van der Waals surface area (Å²) in [5.74, 6) is -0.807. The highest BCUT2D eigenvalue weighted by Gasteiger charge is 2.38. The smallest absolute Gasteiger partial charge is 0.381 e. The molecule has 1 heterocycles. The van der Waals surface area contributed by atoms with Gasteiger partial charge in [-0.15, -0.1) is 0 Å². The van der Waals surface area contributed by atoms with Gasteiger partial charge in [0, 0.05) is 17.2 Å². The summed E-state index contributed by atoms with van der Waals surface area (Å²) in [6, 6.07) is 16.0. The summed E-state index contributed by atoms with van der Waals surface area (Å²) < 4.78 is 4.64. The van der Waals surface area contributed by atoms with Crippen molar-refractivity contribution in [3.8, 4) is 0 Å². The molecule has 2 atom stereocenters. The number of methoxy groups -OCH3 is 1. The first kappa shape index (κ1) is 17.0. The van der Waals surface area contributed by atoms with Gasteiger partial charge in [-0.3, -0.25) is 10.1 Å². The predicted molar refractivity (Wildman–Crippen MR) is 94.1 cm³/mol. The molecular weight excluding hydrogens is 320 g/mol. The van der Waals surface area contributed by atoms with Gasteiger partial charge >= 0.3 is 12.0 Å². The van der Waals surface area contributed by atoms with E-state index in [1.807, 2.05) is 48.5 Å². The van der Waals surface area contributed by atoms with E-state index < -0.39 is 16.9 Å². The number of carbonyl (C=O) groups is 1. The third-order valence-corrected chi connectivity index (χ3v) is 4.66. The molecule has 130 valence electrons. The highest BCUT2D eigenvalue weighted by molar-refractivity contribution is 5.74. The molecule has 2 aromatic rings. The molecule has 0 fully saturated rings. The maximum atomic E-state index is 11.9. The van der Waals surface area contributed by atoms with Crippen LogP contribution in [0.1, 0.15) is 23.6 Å². The first-order valence-corrected chi connectivity index (χ1v) is 8.22. The van der Waals surface area contributed by atoms with Crippen molar-refractivity contribution in [2.24, 2.45) is 0 Å². The van der Waals surface area contributed by atoms with E-state index in [0.29, 0.717) is 0 Å². The van der Waals surface area contributed by atoms with Crippen molar-refractivity contribution in [3.05, 3.63) is 75.8 Å². The number of benzene rings is 2. The molecule has 0 saturated carbocycles. The van der Waals surface area contributed by atoms with Gasteiger partial charge in [0.25, 0.3) is 0 Å². The maximum Gasteiger partial charge on any atom is 0.381 e. The minimum Gasteiger partial charge on any atom is -0.464 e. The zero-order valence-corrected chi connectivity index (χ0v) is 14.0. The third kappa shape index (κ3) is 3.47. The van der Waals surface area contributed by atoms with Crippen molar-refractivity contribution in [2.45, 2.75) is 24.9 Å². The van der Waals surface area contributed by atoms with Crippen molar-refractivity contribution in [2.75, 3.05) is 18.6 Å². The average molecular weight is 340 g/mol. The molecule has 1 aliphatic heterocycles. The molecule has 0 amide bonds. The summed E-state index contributed by atoms with van der Waals surface area (Å²) in [4.78, 5) is 24.9. The first-order chi connectivity index (χ1) is 12.1. The molecular formula is C19H20N2O4. The van der Waals surface area contributed by atoms with E-state index in [-0.39, 0.29) is 12.5 Å². The number of hydrogen-bond acceptors (Lipinski definition) is 5. The van der Waals surface area contributed by atoms with Gasteiger partial charge in [-0.25, -0.2) is 4.79 Å². The number of hydrogen-bond donors (Lipinski definition) is 0. The fourth-order valence-corrected chi connectivity index (χ4v) is 3.42. The molecule has 6 heteroatoms. The topological polar surface area (TPSA) is 72.7 Å². The van der Waals surface area contributed by atoms with Gasteiger partial charge in [0.15, 0.2) is 0 Å². The summed E-state index contributed by atoms with van der Waals surface area (Å²) in [6.07, 6.45) is 0.957. The van der Waals surface area contributed by atoms with Crippen LogP contribution in [0.25, 0.3) is 0 Å². The molecule has 0 aliphatic carbocycles. The second-order valence-corrected chi connectivity index (χ2v) is 6.06. The van der Waals surface area contributed by atoms with Crippen molar-refractivity contribution in [3.63, 3.8) is 0 Å². The predicted octanol–water partition coefficient (Wildman–Crippen LogP) is 3.00. The highest BCUT2D eigenvalue weighted by atomic mass is 16.6. The Morgan fingerprint density at radius 1 is 1.20 bits per heavy atom. The normalized spacial score (nSPS) is 15.3. The van der Waals surface area contributed by atoms with Crippen LogP contribution in [0, 0.1) is 10.1 Å². The Kier molecular flexibility index (Phi) is 4.97. The van der Waals surface area contributed by atoms with Crippen molar-refractivity contribution in [1.82, 2.24) is 0 Å². The van der Waals surface area contributed by atoms with Gasteiger partial charge in [0.05, 0.1) is 19.6 Å². The highest BCUT2D eigenvalue weighted by Crippen LogP contribution is 2.37. The molecule has 2 unspecified atom stereocenters. The number of carbonyl (C=O) groups excluding carboxylic acids is 1. The Bertz CT molecular complexity index is 763. The van der Waals surface area contributed by atoms with Crippen LogP contribution in [0.15, 0.2) is 54.6 Å². The number of esters is 1. The van der Waals surface area contributed by atoms with E-state index in [9.17, 15) is 14.9 Å². The van der Waals surface area contributed by atoms with Crippen molar-refractivity contribution < 1.29 is 14.5 Å². The number of anilines is 1. The van der Waals surface area contributed by atoms with E-state index >= 15 is 0 Å². The number of para-hydroxylation sites is 1. The lowest BCUT2D eigenvalue weighted by Gasteiger charge is -2.31. The van der Waals surface area contributed by atoms with Crippen LogP contribution >= 0.6 is 0 Å². The number of nitrogens with zero attached hydrogens (tertiary/aromatic N) is 2. The van der Waals surface area contributed by atoms with E-state index in [4.69, 9.17) is 0 Å². The van der Waals surface area contributed by atoms with E-state index in [1.165, 1.54) is 12.7 Å². The lowest BCUT2D eigenvalue weighted by Crippen LogP contribution is -2.37. The first-order valence-electron chi connectivity index (χ1n) is 8.22. The molecule has 0 saturated heterocycles. The van der Waals surface area contributed by atoms with E-state index in [2.05, 4.69) is 15.7 Å². The number of rotatable bonds is 6. The van der Waals surface area contributed by atoms with Gasteiger partial charge in [-0.1, -0.05) is 48.5 Å². The van der Waals surface area contributed by atoms with Gasteiger partial charge in [-0.05, 0) is 23.6 Å². The van der Waals surface area contributed by atoms with Crippen LogP contribution in [0.5, 0.6) is 0 Å². The summed E-state index contributed by atoms with van der Waals surface area (Å²) in [5, 5.41) is 11.4. The second kappa shape index (κ2) is 7.34. The molecule has 0 spiro atoms. The summed E-state index contributed by atoms with van der Waals surface area (Å²) in [6.45, 7) is 0.768. The van der Waals surface area contributed by atoms with Crippen molar-refractivity contribution in [1.29, 1.82) is 0 Å². The second-order valence-electron chi connectivity index (χ2n) is 6.06. The number of fused-ring (bicyclic) bond motifs is 1. The Morgan fingerprint density at radius 3 is 2.56 bits per heavy atom. The molecule has 25 heavy (non-hydrogen) atoms. The van der Waals surface area contributed by atoms with Gasteiger partial charge < -0.3 is 9.64 Å². The fraction of sp³-hybridized carbons (Fsp3) is 0.316.